The molecule has 1 atom stereocenters. The van der Waals surface area contributed by atoms with Gasteiger partial charge < -0.3 is 9.30 Å². The molecule has 0 N–H and O–H groups in total. The molecule has 0 saturated carbocycles. The molecule has 0 spiro atoms. The number of hydrogen-bond donors (Lipinski definition) is 0. The third-order valence-electron chi connectivity index (χ3n) is 2.73. The van der Waals surface area contributed by atoms with Crippen LogP contribution in [0.3, 0.4) is 0 Å². The number of ether oxygens (including phenoxy) is 1. The summed E-state index contributed by atoms with van der Waals surface area (Å²) >= 11 is 0. The van der Waals surface area contributed by atoms with Crippen LogP contribution in [-0.2, 0) is 16.0 Å². The number of carbonyl (C=O) groups excluding carboxylic acids is 1. The predicted molar refractivity (Wildman–Crippen MR) is 65.6 cm³/mol. The molecule has 0 radical (unpaired) electrons. The molecule has 0 bridgehead atoms. The van der Waals surface area contributed by atoms with E-state index in [1.165, 1.54) is 7.11 Å². The van der Waals surface area contributed by atoms with Crippen molar-refractivity contribution in [3.63, 3.8) is 0 Å². The molecule has 0 fully saturated rings. The van der Waals surface area contributed by atoms with E-state index < -0.39 is 0 Å². The van der Waals surface area contributed by atoms with E-state index in [9.17, 15) is 4.79 Å². The Morgan fingerprint density at radius 1 is 1.18 bits per heavy atom. The van der Waals surface area contributed by atoms with E-state index in [2.05, 4.69) is 0 Å². The van der Waals surface area contributed by atoms with Crippen molar-refractivity contribution in [1.82, 2.24) is 4.57 Å². The average Bonchev–Trinajstić information content (AvgIpc) is 2.90. The number of methoxy groups -OCH3 is 1. The SMILES string of the molecule is COC(=O)[C@@H](Cc1ccccc1)n1cccc1. The van der Waals surface area contributed by atoms with Crippen LogP contribution in [0.4, 0.5) is 0 Å². The fraction of sp³-hybridized carbons (Fsp3) is 0.214. The second kappa shape index (κ2) is 5.34. The van der Waals surface area contributed by atoms with Gasteiger partial charge in [-0.2, -0.15) is 0 Å². The van der Waals surface area contributed by atoms with Gasteiger partial charge in [-0.05, 0) is 17.7 Å². The lowest BCUT2D eigenvalue weighted by atomic mass is 10.1. The van der Waals surface area contributed by atoms with Gasteiger partial charge in [0.1, 0.15) is 6.04 Å². The van der Waals surface area contributed by atoms with Gasteiger partial charge in [0.25, 0.3) is 0 Å². The molecular formula is C14H15NO2. The van der Waals surface area contributed by atoms with Crippen LogP contribution in [-0.4, -0.2) is 17.6 Å². The van der Waals surface area contributed by atoms with E-state index in [1.54, 1.807) is 0 Å². The van der Waals surface area contributed by atoms with Crippen LogP contribution in [0.5, 0.6) is 0 Å². The third kappa shape index (κ3) is 2.75. The van der Waals surface area contributed by atoms with Gasteiger partial charge in [0.05, 0.1) is 7.11 Å². The fourth-order valence-corrected chi connectivity index (χ4v) is 1.84. The van der Waals surface area contributed by atoms with Gasteiger partial charge in [-0.3, -0.25) is 0 Å². The van der Waals surface area contributed by atoms with Gasteiger partial charge in [0, 0.05) is 18.8 Å². The van der Waals surface area contributed by atoms with Crippen molar-refractivity contribution < 1.29 is 9.53 Å². The minimum atomic E-state index is -0.294. The zero-order chi connectivity index (χ0) is 12.1. The van der Waals surface area contributed by atoms with E-state index in [-0.39, 0.29) is 12.0 Å². The largest absolute Gasteiger partial charge is 0.467 e. The molecule has 0 aliphatic rings. The highest BCUT2D eigenvalue weighted by atomic mass is 16.5. The highest BCUT2D eigenvalue weighted by molar-refractivity contribution is 5.74. The molecule has 1 aromatic carbocycles. The number of hydrogen-bond acceptors (Lipinski definition) is 2. The lowest BCUT2D eigenvalue weighted by Gasteiger charge is -2.16. The van der Waals surface area contributed by atoms with E-state index in [1.807, 2.05) is 59.4 Å². The number of nitrogens with zero attached hydrogens (tertiary/aromatic N) is 1. The van der Waals surface area contributed by atoms with Gasteiger partial charge in [-0.1, -0.05) is 30.3 Å². The Morgan fingerprint density at radius 2 is 1.82 bits per heavy atom. The molecule has 1 heterocycles. The van der Waals surface area contributed by atoms with E-state index in [0.29, 0.717) is 6.42 Å². The summed E-state index contributed by atoms with van der Waals surface area (Å²) in [5, 5.41) is 0. The average molecular weight is 229 g/mol. The highest BCUT2D eigenvalue weighted by Crippen LogP contribution is 2.16. The molecule has 0 saturated heterocycles. The first-order valence-electron chi connectivity index (χ1n) is 5.55. The van der Waals surface area contributed by atoms with Gasteiger partial charge in [-0.25, -0.2) is 4.79 Å². The summed E-state index contributed by atoms with van der Waals surface area (Å²) in [6, 6.07) is 13.4. The van der Waals surface area contributed by atoms with E-state index in [4.69, 9.17) is 4.74 Å². The van der Waals surface area contributed by atoms with Crippen LogP contribution in [0.15, 0.2) is 54.9 Å². The fourth-order valence-electron chi connectivity index (χ4n) is 1.84. The Morgan fingerprint density at radius 3 is 2.41 bits per heavy atom. The van der Waals surface area contributed by atoms with Gasteiger partial charge in [-0.15, -0.1) is 0 Å². The van der Waals surface area contributed by atoms with Crippen molar-refractivity contribution in [1.29, 1.82) is 0 Å². The maximum absolute atomic E-state index is 11.8. The molecule has 17 heavy (non-hydrogen) atoms. The van der Waals surface area contributed by atoms with E-state index in [0.717, 1.165) is 5.56 Å². The molecule has 2 aromatic rings. The quantitative estimate of drug-likeness (QED) is 0.754. The molecular weight excluding hydrogens is 214 g/mol. The number of rotatable bonds is 4. The Balaban J connectivity index is 2.20. The zero-order valence-electron chi connectivity index (χ0n) is 9.74. The smallest absolute Gasteiger partial charge is 0.329 e. The van der Waals surface area contributed by atoms with Crippen LogP contribution < -0.4 is 0 Å². The molecule has 0 aliphatic heterocycles. The van der Waals surface area contributed by atoms with Gasteiger partial charge in [0.15, 0.2) is 0 Å². The second-order valence-electron chi connectivity index (χ2n) is 3.86. The van der Waals surface area contributed by atoms with Crippen LogP contribution >= 0.6 is 0 Å². The summed E-state index contributed by atoms with van der Waals surface area (Å²) in [5.41, 5.74) is 1.12. The van der Waals surface area contributed by atoms with Crippen LogP contribution in [0.25, 0.3) is 0 Å². The summed E-state index contributed by atoms with van der Waals surface area (Å²) in [6.07, 6.45) is 4.40. The lowest BCUT2D eigenvalue weighted by Crippen LogP contribution is -2.22. The molecule has 0 unspecified atom stereocenters. The van der Waals surface area contributed by atoms with E-state index >= 15 is 0 Å². The molecule has 1 aromatic heterocycles. The number of carbonyl (C=O) groups is 1. The topological polar surface area (TPSA) is 31.2 Å². The Kier molecular flexibility index (Phi) is 3.60. The standard InChI is InChI=1S/C14H15NO2/c1-17-14(16)13(15-9-5-6-10-15)11-12-7-3-2-4-8-12/h2-10,13H,11H2,1H3/t13-/m1/s1. The van der Waals surface area contributed by atoms with Crippen molar-refractivity contribution in [2.24, 2.45) is 0 Å². The highest BCUT2D eigenvalue weighted by Gasteiger charge is 2.20. The van der Waals surface area contributed by atoms with Gasteiger partial charge in [0.2, 0.25) is 0 Å². The molecule has 3 nitrogen and oxygen atoms in total. The number of aromatic nitrogens is 1. The Bertz CT molecular complexity index is 462. The molecule has 0 amide bonds. The first-order chi connectivity index (χ1) is 8.31. The van der Waals surface area contributed by atoms with Crippen molar-refractivity contribution >= 4 is 5.97 Å². The van der Waals surface area contributed by atoms with Crippen LogP contribution in [0, 0.1) is 0 Å². The van der Waals surface area contributed by atoms with Crippen molar-refractivity contribution in [2.45, 2.75) is 12.5 Å². The van der Waals surface area contributed by atoms with Crippen molar-refractivity contribution in [3.05, 3.63) is 60.4 Å². The summed E-state index contributed by atoms with van der Waals surface area (Å²) in [4.78, 5) is 11.8. The predicted octanol–water partition coefficient (Wildman–Crippen LogP) is 2.44. The number of benzene rings is 1. The van der Waals surface area contributed by atoms with Crippen LogP contribution in [0.2, 0.25) is 0 Å². The number of esters is 1. The summed E-state index contributed by atoms with van der Waals surface area (Å²) in [6.45, 7) is 0. The molecule has 0 aliphatic carbocycles. The second-order valence-corrected chi connectivity index (χ2v) is 3.86. The summed E-state index contributed by atoms with van der Waals surface area (Å²) in [7, 11) is 1.42. The third-order valence-corrected chi connectivity index (χ3v) is 2.73. The minimum absolute atomic E-state index is 0.218. The van der Waals surface area contributed by atoms with Crippen molar-refractivity contribution in [3.8, 4) is 0 Å². The summed E-state index contributed by atoms with van der Waals surface area (Å²) < 4.78 is 6.72. The summed E-state index contributed by atoms with van der Waals surface area (Å²) in [5.74, 6) is -0.218. The zero-order valence-corrected chi connectivity index (χ0v) is 9.74. The normalized spacial score (nSPS) is 12.1. The van der Waals surface area contributed by atoms with Crippen LogP contribution in [0.1, 0.15) is 11.6 Å². The minimum Gasteiger partial charge on any atom is -0.467 e. The maximum atomic E-state index is 11.8. The molecule has 3 heteroatoms. The first kappa shape index (κ1) is 11.5. The first-order valence-corrected chi connectivity index (χ1v) is 5.55. The van der Waals surface area contributed by atoms with Gasteiger partial charge >= 0.3 is 5.97 Å². The Labute approximate surface area is 101 Å². The monoisotopic (exact) mass is 229 g/mol. The molecule has 88 valence electrons. The Hall–Kier alpha value is -2.03. The molecule has 2 rings (SSSR count). The maximum Gasteiger partial charge on any atom is 0.329 e. The lowest BCUT2D eigenvalue weighted by molar-refractivity contribution is -0.144. The van der Waals surface area contributed by atoms with Crippen molar-refractivity contribution in [2.75, 3.05) is 7.11 Å².